The molecule has 0 aromatic heterocycles. The number of aliphatic hydroxyl groups excluding tert-OH is 5. The molecule has 1 aliphatic rings. The smallest absolute Gasteiger partial charge is 0.353 e. The van der Waals surface area contributed by atoms with E-state index in [2.05, 4.69) is 20.7 Å². The van der Waals surface area contributed by atoms with Crippen molar-refractivity contribution in [3.05, 3.63) is 40.8 Å². The van der Waals surface area contributed by atoms with Crippen LogP contribution < -0.4 is 16.0 Å². The minimum Gasteiger partial charge on any atom is -0.506 e. The number of allylic oxidation sites excluding steroid dienone is 1. The third-order valence-electron chi connectivity index (χ3n) is 4.55. The van der Waals surface area contributed by atoms with E-state index in [9.17, 15) is 39.3 Å². The van der Waals surface area contributed by atoms with Crippen LogP contribution in [0.15, 0.2) is 40.8 Å². The van der Waals surface area contributed by atoms with Gasteiger partial charge in [0.05, 0.1) is 13.2 Å². The lowest BCUT2D eigenvalue weighted by molar-refractivity contribution is -0.155. The molecular formula is C21H23N3O11. The van der Waals surface area contributed by atoms with Crippen molar-refractivity contribution in [3.8, 4) is 0 Å². The first-order valence-corrected chi connectivity index (χ1v) is 9.93. The van der Waals surface area contributed by atoms with Gasteiger partial charge >= 0.3 is 11.9 Å². The molecule has 2 atom stereocenters. The van der Waals surface area contributed by atoms with Gasteiger partial charge in [0.15, 0.2) is 18.0 Å². The SMILES string of the molecule is CC(=O)C1=C(O)/C(=C(\C)Nc2cc(NC(=O)C(O)CO)cc(NC(=O)C(O)CO)c2)C(=O)OC1=O. The van der Waals surface area contributed by atoms with Crippen LogP contribution in [0.2, 0.25) is 0 Å². The van der Waals surface area contributed by atoms with Crippen molar-refractivity contribution in [2.45, 2.75) is 26.1 Å². The first-order valence-electron chi connectivity index (χ1n) is 9.93. The van der Waals surface area contributed by atoms with Gasteiger partial charge in [0.1, 0.15) is 16.9 Å². The summed E-state index contributed by atoms with van der Waals surface area (Å²) < 4.78 is 4.50. The molecule has 2 unspecified atom stereocenters. The number of carbonyl (C=O) groups is 5. The molecule has 0 radical (unpaired) electrons. The van der Waals surface area contributed by atoms with E-state index >= 15 is 0 Å². The number of aliphatic hydroxyl groups is 5. The van der Waals surface area contributed by atoms with Crippen LogP contribution in [-0.4, -0.2) is 80.5 Å². The van der Waals surface area contributed by atoms with Gasteiger partial charge in [-0.3, -0.25) is 14.4 Å². The van der Waals surface area contributed by atoms with Crippen molar-refractivity contribution in [2.75, 3.05) is 29.2 Å². The Morgan fingerprint density at radius 1 is 0.829 bits per heavy atom. The number of ether oxygens (including phenoxy) is 1. The molecule has 0 fully saturated rings. The lowest BCUT2D eigenvalue weighted by atomic mass is 10.0. The number of ketones is 1. The minimum absolute atomic E-state index is 0.0234. The van der Waals surface area contributed by atoms with E-state index < -0.39 is 71.9 Å². The maximum atomic E-state index is 12.2. The summed E-state index contributed by atoms with van der Waals surface area (Å²) >= 11 is 0. The lowest BCUT2D eigenvalue weighted by Crippen LogP contribution is -2.31. The summed E-state index contributed by atoms with van der Waals surface area (Å²) in [6.45, 7) is 0.555. The Labute approximate surface area is 197 Å². The third kappa shape index (κ3) is 6.48. The van der Waals surface area contributed by atoms with Crippen molar-refractivity contribution in [1.82, 2.24) is 0 Å². The highest BCUT2D eigenvalue weighted by atomic mass is 16.6. The monoisotopic (exact) mass is 493 g/mol. The number of benzene rings is 1. The van der Waals surface area contributed by atoms with Crippen LogP contribution >= 0.6 is 0 Å². The van der Waals surface area contributed by atoms with E-state index in [1.54, 1.807) is 0 Å². The summed E-state index contributed by atoms with van der Waals surface area (Å²) in [5.41, 5.74) is -1.33. The Morgan fingerprint density at radius 2 is 1.26 bits per heavy atom. The fourth-order valence-corrected chi connectivity index (χ4v) is 2.89. The maximum absolute atomic E-state index is 12.2. The highest BCUT2D eigenvalue weighted by Crippen LogP contribution is 2.28. The fourth-order valence-electron chi connectivity index (χ4n) is 2.89. The number of hydrogen-bond acceptors (Lipinski definition) is 12. The number of Topliss-reactive ketones (excluding diaryl/α,β-unsaturated/α-hetero) is 1. The van der Waals surface area contributed by atoms with Gasteiger partial charge in [-0.25, -0.2) is 9.59 Å². The molecule has 1 aromatic carbocycles. The average molecular weight is 493 g/mol. The molecule has 35 heavy (non-hydrogen) atoms. The van der Waals surface area contributed by atoms with Crippen molar-refractivity contribution < 1.29 is 54.2 Å². The molecule has 0 aliphatic carbocycles. The van der Waals surface area contributed by atoms with Crippen molar-refractivity contribution in [1.29, 1.82) is 0 Å². The largest absolute Gasteiger partial charge is 0.506 e. The molecule has 1 heterocycles. The van der Waals surface area contributed by atoms with Gasteiger partial charge in [0.2, 0.25) is 0 Å². The second-order valence-corrected chi connectivity index (χ2v) is 7.26. The molecule has 2 rings (SSSR count). The Kier molecular flexibility index (Phi) is 8.80. The third-order valence-corrected chi connectivity index (χ3v) is 4.55. The highest BCUT2D eigenvalue weighted by molar-refractivity contribution is 6.23. The molecule has 188 valence electrons. The molecule has 14 heteroatoms. The number of carbonyl (C=O) groups excluding carboxylic acids is 5. The summed E-state index contributed by atoms with van der Waals surface area (Å²) in [6, 6.07) is 3.77. The van der Waals surface area contributed by atoms with E-state index in [0.29, 0.717) is 0 Å². The summed E-state index contributed by atoms with van der Waals surface area (Å²) in [5, 5.41) is 54.4. The Hall–Kier alpha value is -4.11. The number of cyclic esters (lactones) is 2. The average Bonchev–Trinajstić information content (AvgIpc) is 2.76. The zero-order chi connectivity index (χ0) is 26.4. The standard InChI is InChI=1S/C21H23N3O11/c1-8(15-17(30)16(9(2)27)21(34)35-20(15)33)22-10-3-11(23-18(31)13(28)6-25)5-12(4-10)24-19(32)14(29)7-26/h3-5,13-14,22,25-26,28-30H,6-7H2,1-2H3,(H,23,31)(H,24,32)/b15-8-. The van der Waals surface area contributed by atoms with Crippen LogP contribution in [0, 0.1) is 0 Å². The molecule has 14 nitrogen and oxygen atoms in total. The summed E-state index contributed by atoms with van der Waals surface area (Å²) in [7, 11) is 0. The second-order valence-electron chi connectivity index (χ2n) is 7.26. The van der Waals surface area contributed by atoms with E-state index in [4.69, 9.17) is 10.2 Å². The molecular weight excluding hydrogens is 470 g/mol. The van der Waals surface area contributed by atoms with Gasteiger partial charge < -0.3 is 46.2 Å². The predicted octanol–water partition coefficient (Wildman–Crippen LogP) is -1.56. The first-order chi connectivity index (χ1) is 16.4. The van der Waals surface area contributed by atoms with Crippen LogP contribution in [0.5, 0.6) is 0 Å². The number of amides is 2. The van der Waals surface area contributed by atoms with Crippen LogP contribution in [0.1, 0.15) is 13.8 Å². The quantitative estimate of drug-likeness (QED) is 0.0844. The number of esters is 2. The number of anilines is 3. The number of hydrogen-bond donors (Lipinski definition) is 8. The molecule has 2 amide bonds. The van der Waals surface area contributed by atoms with Crippen LogP contribution in [0.25, 0.3) is 0 Å². The van der Waals surface area contributed by atoms with Gasteiger partial charge in [-0.05, 0) is 32.0 Å². The van der Waals surface area contributed by atoms with Gasteiger partial charge in [-0.2, -0.15) is 0 Å². The first kappa shape index (κ1) is 27.1. The van der Waals surface area contributed by atoms with Gasteiger partial charge in [0.25, 0.3) is 11.8 Å². The molecule has 1 aliphatic heterocycles. The topological polar surface area (TPSA) is 232 Å². The zero-order valence-electron chi connectivity index (χ0n) is 18.5. The van der Waals surface area contributed by atoms with E-state index in [1.165, 1.54) is 25.1 Å². The highest BCUT2D eigenvalue weighted by Gasteiger charge is 2.36. The molecule has 0 saturated carbocycles. The van der Waals surface area contributed by atoms with Crippen LogP contribution in [0.4, 0.5) is 17.1 Å². The summed E-state index contributed by atoms with van der Waals surface area (Å²) in [5.74, 6) is -6.28. The zero-order valence-corrected chi connectivity index (χ0v) is 18.5. The van der Waals surface area contributed by atoms with Crippen LogP contribution in [-0.2, 0) is 28.7 Å². The molecule has 0 saturated heterocycles. The number of rotatable bonds is 9. The Bertz CT molecular complexity index is 1100. The van der Waals surface area contributed by atoms with Crippen molar-refractivity contribution >= 4 is 46.6 Å². The van der Waals surface area contributed by atoms with Crippen molar-refractivity contribution in [3.63, 3.8) is 0 Å². The summed E-state index contributed by atoms with van der Waals surface area (Å²) in [4.78, 5) is 59.5. The molecule has 0 spiro atoms. The van der Waals surface area contributed by atoms with E-state index in [-0.39, 0.29) is 22.8 Å². The Morgan fingerprint density at radius 3 is 1.66 bits per heavy atom. The number of nitrogens with one attached hydrogen (secondary N) is 3. The lowest BCUT2D eigenvalue weighted by Gasteiger charge is -2.19. The normalized spacial score (nSPS) is 16.7. The van der Waals surface area contributed by atoms with Gasteiger partial charge in [-0.1, -0.05) is 0 Å². The van der Waals surface area contributed by atoms with Gasteiger partial charge in [-0.15, -0.1) is 0 Å². The molecule has 1 aromatic rings. The second kappa shape index (κ2) is 11.3. The molecule has 8 N–H and O–H groups in total. The van der Waals surface area contributed by atoms with Gasteiger partial charge in [0, 0.05) is 22.8 Å². The van der Waals surface area contributed by atoms with E-state index in [0.717, 1.165) is 6.92 Å². The minimum atomic E-state index is -1.76. The van der Waals surface area contributed by atoms with Crippen LogP contribution in [0.3, 0.4) is 0 Å². The fraction of sp³-hybridized carbons (Fsp3) is 0.286. The Balaban J connectivity index is 2.51. The predicted molar refractivity (Wildman–Crippen MR) is 118 cm³/mol. The van der Waals surface area contributed by atoms with Crippen molar-refractivity contribution in [2.24, 2.45) is 0 Å². The summed E-state index contributed by atoms with van der Waals surface area (Å²) in [6.07, 6.45) is -3.52. The van der Waals surface area contributed by atoms with E-state index in [1.807, 2.05) is 0 Å². The maximum Gasteiger partial charge on any atom is 0.353 e. The molecule has 0 bridgehead atoms.